The van der Waals surface area contributed by atoms with E-state index in [9.17, 15) is 14.7 Å². The van der Waals surface area contributed by atoms with Gasteiger partial charge in [0.2, 0.25) is 5.91 Å². The average molecular weight is 450 g/mol. The minimum absolute atomic E-state index is 0.180. The first-order valence-corrected chi connectivity index (χ1v) is 11.7. The summed E-state index contributed by atoms with van der Waals surface area (Å²) < 4.78 is 0. The van der Waals surface area contributed by atoms with Gasteiger partial charge in [0.1, 0.15) is 0 Å². The van der Waals surface area contributed by atoms with Gasteiger partial charge in [-0.2, -0.15) is 0 Å². The van der Waals surface area contributed by atoms with Crippen molar-refractivity contribution in [2.24, 2.45) is 5.73 Å². The van der Waals surface area contributed by atoms with Crippen LogP contribution < -0.4 is 5.73 Å². The summed E-state index contributed by atoms with van der Waals surface area (Å²) in [6.45, 7) is 4.55. The summed E-state index contributed by atoms with van der Waals surface area (Å²) in [5, 5.41) is 11.9. The second-order valence-electron chi connectivity index (χ2n) is 8.18. The molecule has 3 aromatic rings. The smallest absolute Gasteiger partial charge is 0.336 e. The molecule has 1 aromatic heterocycles. The van der Waals surface area contributed by atoms with Crippen LogP contribution in [0.25, 0.3) is 10.8 Å². The summed E-state index contributed by atoms with van der Waals surface area (Å²) in [6.07, 6.45) is 5.15. The minimum atomic E-state index is -0.971. The second kappa shape index (κ2) is 9.63. The number of carboxylic acid groups (broad SMARTS) is 1. The Labute approximate surface area is 191 Å². The number of aromatic nitrogens is 1. The molecule has 4 rings (SSSR count). The molecule has 0 radical (unpaired) electrons. The van der Waals surface area contributed by atoms with Crippen LogP contribution in [0.1, 0.15) is 51.8 Å². The lowest BCUT2D eigenvalue weighted by molar-refractivity contribution is -0.118. The fourth-order valence-corrected chi connectivity index (χ4v) is 5.73. The zero-order chi connectivity index (χ0) is 22.7. The Bertz CT molecular complexity index is 1160. The van der Waals surface area contributed by atoms with E-state index in [2.05, 4.69) is 16.5 Å². The maximum atomic E-state index is 12.3. The lowest BCUT2D eigenvalue weighted by atomic mass is 9.87. The zero-order valence-electron chi connectivity index (χ0n) is 17.9. The normalized spacial score (nSPS) is 16.6. The quantitative estimate of drug-likeness (QED) is 0.474. The summed E-state index contributed by atoms with van der Waals surface area (Å²) >= 11 is 1.67. The maximum Gasteiger partial charge on any atom is 0.336 e. The lowest BCUT2D eigenvalue weighted by Crippen LogP contribution is -2.42. The van der Waals surface area contributed by atoms with Crippen molar-refractivity contribution in [1.82, 2.24) is 9.88 Å². The Morgan fingerprint density at radius 1 is 1.31 bits per heavy atom. The molecule has 1 amide bonds. The van der Waals surface area contributed by atoms with Crippen LogP contribution in [-0.2, 0) is 17.6 Å². The number of carbonyl (C=O) groups is 2. The number of primary amides is 1. The Kier molecular flexibility index (Phi) is 6.67. The monoisotopic (exact) mass is 449 g/mol. The van der Waals surface area contributed by atoms with Gasteiger partial charge < -0.3 is 10.8 Å². The third-order valence-corrected chi connectivity index (χ3v) is 7.17. The van der Waals surface area contributed by atoms with Crippen molar-refractivity contribution in [2.45, 2.75) is 44.2 Å². The number of rotatable bonds is 9. The first-order valence-electron chi connectivity index (χ1n) is 10.8. The van der Waals surface area contributed by atoms with Gasteiger partial charge in [-0.1, -0.05) is 36.4 Å². The molecular formula is C25H27N3O3S. The van der Waals surface area contributed by atoms with Crippen molar-refractivity contribution in [3.8, 4) is 0 Å². The highest BCUT2D eigenvalue weighted by Gasteiger charge is 2.33. The Hall–Kier alpha value is -3.03. The molecule has 7 heteroatoms. The molecule has 0 fully saturated rings. The molecule has 0 aliphatic heterocycles. The number of hydrogen-bond donors (Lipinski definition) is 2. The topological polar surface area (TPSA) is 96.5 Å². The standard InChI is InChI=1S/C25H27N3O3S/c1-2-13-28(17-8-10-20-22(14-17)32-15-27-20)21(11-12-23(26)29)24-18-6-4-3-5-16(18)7-9-19(24)25(30)31/h2-7,9,15,17,21H,1,8,10-14H2,(H2,26,29)(H,30,31). The van der Waals surface area contributed by atoms with E-state index in [1.165, 1.54) is 4.88 Å². The first kappa shape index (κ1) is 22.2. The highest BCUT2D eigenvalue weighted by molar-refractivity contribution is 7.09. The molecule has 1 heterocycles. The van der Waals surface area contributed by atoms with Gasteiger partial charge in [0.25, 0.3) is 0 Å². The summed E-state index contributed by atoms with van der Waals surface area (Å²) in [5.74, 6) is -1.36. The fraction of sp³-hybridized carbons (Fsp3) is 0.320. The predicted octanol–water partition coefficient (Wildman–Crippen LogP) is 4.35. The maximum absolute atomic E-state index is 12.3. The Morgan fingerprint density at radius 3 is 2.88 bits per heavy atom. The predicted molar refractivity (Wildman–Crippen MR) is 127 cm³/mol. The highest BCUT2D eigenvalue weighted by atomic mass is 32.1. The fourth-order valence-electron chi connectivity index (χ4n) is 4.84. The number of carboxylic acids is 1. The molecule has 1 aliphatic carbocycles. The SMILES string of the molecule is C=CCN(C1CCc2ncsc2C1)C(CCC(N)=O)c1c(C(=O)O)ccc2ccccc12. The van der Waals surface area contributed by atoms with Crippen LogP contribution in [0.5, 0.6) is 0 Å². The Morgan fingerprint density at radius 2 is 2.12 bits per heavy atom. The average Bonchev–Trinajstić information content (AvgIpc) is 3.26. The van der Waals surface area contributed by atoms with Crippen LogP contribution in [0, 0.1) is 0 Å². The van der Waals surface area contributed by atoms with Gasteiger partial charge in [-0.3, -0.25) is 9.69 Å². The van der Waals surface area contributed by atoms with E-state index >= 15 is 0 Å². The van der Waals surface area contributed by atoms with Crippen LogP contribution in [0.3, 0.4) is 0 Å². The molecule has 0 saturated carbocycles. The first-order chi connectivity index (χ1) is 15.5. The molecule has 3 N–H and O–H groups in total. The van der Waals surface area contributed by atoms with Gasteiger partial charge in [0.15, 0.2) is 0 Å². The number of aromatic carboxylic acids is 1. The van der Waals surface area contributed by atoms with Crippen LogP contribution in [0.2, 0.25) is 0 Å². The molecule has 2 atom stereocenters. The second-order valence-corrected chi connectivity index (χ2v) is 9.12. The lowest BCUT2D eigenvalue weighted by Gasteiger charge is -2.40. The minimum Gasteiger partial charge on any atom is -0.478 e. The van der Waals surface area contributed by atoms with E-state index in [1.807, 2.05) is 41.9 Å². The van der Waals surface area contributed by atoms with Crippen LogP contribution in [-0.4, -0.2) is 39.5 Å². The number of fused-ring (bicyclic) bond motifs is 2. The highest BCUT2D eigenvalue weighted by Crippen LogP contribution is 2.38. The molecule has 166 valence electrons. The summed E-state index contributed by atoms with van der Waals surface area (Å²) in [4.78, 5) is 32.1. The van der Waals surface area contributed by atoms with Crippen molar-refractivity contribution in [3.63, 3.8) is 0 Å². The summed E-state index contributed by atoms with van der Waals surface area (Å²) in [5.41, 5.74) is 9.59. The van der Waals surface area contributed by atoms with Crippen molar-refractivity contribution < 1.29 is 14.7 Å². The molecular weight excluding hydrogens is 422 g/mol. The van der Waals surface area contributed by atoms with E-state index in [1.54, 1.807) is 17.4 Å². The third kappa shape index (κ3) is 4.45. The van der Waals surface area contributed by atoms with Gasteiger partial charge >= 0.3 is 5.97 Å². The van der Waals surface area contributed by atoms with Crippen molar-refractivity contribution >= 4 is 34.0 Å². The van der Waals surface area contributed by atoms with E-state index in [-0.39, 0.29) is 30.0 Å². The van der Waals surface area contributed by atoms with E-state index < -0.39 is 5.97 Å². The van der Waals surface area contributed by atoms with E-state index in [0.29, 0.717) is 13.0 Å². The van der Waals surface area contributed by atoms with Gasteiger partial charge in [0, 0.05) is 29.9 Å². The number of amides is 1. The van der Waals surface area contributed by atoms with Crippen molar-refractivity contribution in [3.05, 3.63) is 76.3 Å². The molecule has 2 aromatic carbocycles. The molecule has 0 bridgehead atoms. The van der Waals surface area contributed by atoms with Gasteiger partial charge in [-0.05, 0) is 48.1 Å². The number of hydrogen-bond acceptors (Lipinski definition) is 5. The number of thiazole rings is 1. The zero-order valence-corrected chi connectivity index (χ0v) is 18.7. The number of nitrogens with zero attached hydrogens (tertiary/aromatic N) is 2. The molecule has 32 heavy (non-hydrogen) atoms. The molecule has 0 saturated heterocycles. The third-order valence-electron chi connectivity index (χ3n) is 6.27. The number of aryl methyl sites for hydroxylation is 1. The molecule has 1 aliphatic rings. The number of benzene rings is 2. The number of nitrogens with two attached hydrogens (primary N) is 1. The van der Waals surface area contributed by atoms with Crippen molar-refractivity contribution in [1.29, 1.82) is 0 Å². The Balaban J connectivity index is 1.84. The summed E-state index contributed by atoms with van der Waals surface area (Å²) in [7, 11) is 0. The largest absolute Gasteiger partial charge is 0.478 e. The van der Waals surface area contributed by atoms with Crippen molar-refractivity contribution in [2.75, 3.05) is 6.54 Å². The van der Waals surface area contributed by atoms with E-state index in [0.717, 1.165) is 41.3 Å². The van der Waals surface area contributed by atoms with Crippen LogP contribution >= 0.6 is 11.3 Å². The molecule has 6 nitrogen and oxygen atoms in total. The molecule has 0 spiro atoms. The van der Waals surface area contributed by atoms with Gasteiger partial charge in [-0.15, -0.1) is 17.9 Å². The number of carbonyl (C=O) groups excluding carboxylic acids is 1. The van der Waals surface area contributed by atoms with Gasteiger partial charge in [-0.25, -0.2) is 9.78 Å². The summed E-state index contributed by atoms with van der Waals surface area (Å²) in [6, 6.07) is 11.2. The molecule has 2 unspecified atom stereocenters. The van der Waals surface area contributed by atoms with E-state index in [4.69, 9.17) is 5.73 Å². The van der Waals surface area contributed by atoms with Crippen LogP contribution in [0.15, 0.2) is 54.6 Å². The van der Waals surface area contributed by atoms with Crippen LogP contribution in [0.4, 0.5) is 0 Å². The van der Waals surface area contributed by atoms with Gasteiger partial charge in [0.05, 0.1) is 16.8 Å².